The number of nitro groups is 1. The number of nitrogens with zero attached hydrogens (tertiary/aromatic N) is 4. The zero-order valence-corrected chi connectivity index (χ0v) is 18.8. The first-order valence-corrected chi connectivity index (χ1v) is 10.9. The summed E-state index contributed by atoms with van der Waals surface area (Å²) in [5, 5.41) is 10.8. The lowest BCUT2D eigenvalue weighted by atomic mass is 9.95. The van der Waals surface area contributed by atoms with Crippen LogP contribution in [0.1, 0.15) is 40.5 Å². The first kappa shape index (κ1) is 23.2. The van der Waals surface area contributed by atoms with Crippen molar-refractivity contribution in [2.24, 2.45) is 5.92 Å². The topological polar surface area (TPSA) is 79.2 Å². The second-order valence-corrected chi connectivity index (χ2v) is 9.59. The van der Waals surface area contributed by atoms with Crippen molar-refractivity contribution in [3.8, 4) is 0 Å². The van der Waals surface area contributed by atoms with Gasteiger partial charge in [-0.05, 0) is 52.5 Å². The van der Waals surface area contributed by atoms with E-state index in [0.717, 1.165) is 32.0 Å². The van der Waals surface area contributed by atoms with E-state index in [1.807, 2.05) is 25.7 Å². The lowest BCUT2D eigenvalue weighted by molar-refractivity contribution is -0.385. The molecule has 0 N–H and O–H groups in total. The van der Waals surface area contributed by atoms with Crippen molar-refractivity contribution in [3.63, 3.8) is 0 Å². The summed E-state index contributed by atoms with van der Waals surface area (Å²) in [7, 11) is 0. The third-order valence-corrected chi connectivity index (χ3v) is 6.01. The molecule has 0 saturated carbocycles. The number of amides is 1. The highest BCUT2D eigenvalue weighted by Gasteiger charge is 2.31. The predicted octanol–water partition coefficient (Wildman–Crippen LogP) is 3.89. The standard InChI is InChI=1S/C22H33FN4O4/c1-16-14-26(20-6-5-18(27(29)30)13-19(20)23)12-11-25(16)15-17-7-9-24(10-8-17)21(28)31-22(2,3)4/h5-6,13,16-17H,7-12,14-15H2,1-4H3/t16-/m1/s1. The molecule has 2 saturated heterocycles. The monoisotopic (exact) mass is 436 g/mol. The average Bonchev–Trinajstić information content (AvgIpc) is 2.68. The van der Waals surface area contributed by atoms with Crippen molar-refractivity contribution in [2.75, 3.05) is 44.2 Å². The lowest BCUT2D eigenvalue weighted by Gasteiger charge is -2.43. The summed E-state index contributed by atoms with van der Waals surface area (Å²) >= 11 is 0. The Hall–Kier alpha value is -2.42. The van der Waals surface area contributed by atoms with Gasteiger partial charge in [0.2, 0.25) is 0 Å². The summed E-state index contributed by atoms with van der Waals surface area (Å²) < 4.78 is 19.9. The number of non-ortho nitro benzene ring substituents is 1. The number of likely N-dealkylation sites (tertiary alicyclic amines) is 1. The van der Waals surface area contributed by atoms with Gasteiger partial charge in [0.15, 0.2) is 5.82 Å². The lowest BCUT2D eigenvalue weighted by Crippen LogP contribution is -2.54. The van der Waals surface area contributed by atoms with Crippen LogP contribution < -0.4 is 4.90 Å². The second-order valence-electron chi connectivity index (χ2n) is 9.59. The molecule has 172 valence electrons. The number of nitro benzene ring substituents is 1. The predicted molar refractivity (Wildman–Crippen MR) is 117 cm³/mol. The molecule has 1 atom stereocenters. The number of hydrogen-bond donors (Lipinski definition) is 0. The maximum atomic E-state index is 14.4. The molecule has 2 heterocycles. The summed E-state index contributed by atoms with van der Waals surface area (Å²) in [5.74, 6) is -0.0341. The average molecular weight is 437 g/mol. The minimum Gasteiger partial charge on any atom is -0.444 e. The molecule has 2 aliphatic heterocycles. The minimum absolute atomic E-state index is 0.231. The van der Waals surface area contributed by atoms with Crippen LogP contribution in [0.4, 0.5) is 20.6 Å². The molecule has 2 fully saturated rings. The number of ether oxygens (including phenoxy) is 1. The van der Waals surface area contributed by atoms with Crippen LogP contribution in [0.5, 0.6) is 0 Å². The number of carbonyl (C=O) groups is 1. The molecule has 0 aromatic heterocycles. The Balaban J connectivity index is 1.49. The highest BCUT2D eigenvalue weighted by Crippen LogP contribution is 2.27. The normalized spacial score (nSPS) is 21.3. The van der Waals surface area contributed by atoms with Crippen molar-refractivity contribution < 1.29 is 18.8 Å². The van der Waals surface area contributed by atoms with Crippen LogP contribution in [-0.4, -0.2) is 71.7 Å². The molecule has 1 amide bonds. The number of rotatable bonds is 4. The Kier molecular flexibility index (Phi) is 7.03. The number of piperazine rings is 1. The largest absolute Gasteiger partial charge is 0.444 e. The maximum absolute atomic E-state index is 14.4. The van der Waals surface area contributed by atoms with Crippen molar-refractivity contribution >= 4 is 17.5 Å². The maximum Gasteiger partial charge on any atom is 0.410 e. The number of carbonyl (C=O) groups excluding carboxylic acids is 1. The number of anilines is 1. The van der Waals surface area contributed by atoms with Crippen LogP contribution in [0.3, 0.4) is 0 Å². The van der Waals surface area contributed by atoms with Gasteiger partial charge in [0, 0.05) is 51.4 Å². The molecule has 3 rings (SSSR count). The first-order chi connectivity index (χ1) is 14.5. The highest BCUT2D eigenvalue weighted by molar-refractivity contribution is 5.68. The van der Waals surface area contributed by atoms with E-state index < -0.39 is 16.3 Å². The van der Waals surface area contributed by atoms with E-state index in [-0.39, 0.29) is 17.8 Å². The number of benzene rings is 1. The number of piperidine rings is 1. The molecule has 9 heteroatoms. The minimum atomic E-state index is -0.582. The van der Waals surface area contributed by atoms with Crippen LogP contribution >= 0.6 is 0 Å². The van der Waals surface area contributed by atoms with Crippen LogP contribution in [0, 0.1) is 21.8 Å². The summed E-state index contributed by atoms with van der Waals surface area (Å²) in [6.07, 6.45) is 1.66. The van der Waals surface area contributed by atoms with Crippen molar-refractivity contribution in [1.82, 2.24) is 9.80 Å². The zero-order valence-electron chi connectivity index (χ0n) is 18.8. The molecule has 0 bridgehead atoms. The van der Waals surface area contributed by atoms with E-state index in [1.165, 1.54) is 12.1 Å². The Morgan fingerprint density at radius 1 is 1.23 bits per heavy atom. The third-order valence-electron chi connectivity index (χ3n) is 6.01. The van der Waals surface area contributed by atoms with Gasteiger partial charge in [0.1, 0.15) is 5.60 Å². The van der Waals surface area contributed by atoms with Gasteiger partial charge in [0.05, 0.1) is 16.7 Å². The van der Waals surface area contributed by atoms with Gasteiger partial charge in [-0.3, -0.25) is 15.0 Å². The van der Waals surface area contributed by atoms with E-state index in [2.05, 4.69) is 11.8 Å². The van der Waals surface area contributed by atoms with Gasteiger partial charge < -0.3 is 14.5 Å². The molecular weight excluding hydrogens is 403 g/mol. The molecule has 0 radical (unpaired) electrons. The molecule has 0 spiro atoms. The van der Waals surface area contributed by atoms with E-state index in [0.29, 0.717) is 37.8 Å². The fourth-order valence-corrected chi connectivity index (χ4v) is 4.31. The van der Waals surface area contributed by atoms with Gasteiger partial charge >= 0.3 is 6.09 Å². The fourth-order valence-electron chi connectivity index (χ4n) is 4.31. The molecular formula is C22H33FN4O4. The van der Waals surface area contributed by atoms with Gasteiger partial charge in [0.25, 0.3) is 5.69 Å². The second kappa shape index (κ2) is 9.38. The van der Waals surface area contributed by atoms with Gasteiger partial charge in [-0.1, -0.05) is 0 Å². The summed E-state index contributed by atoms with van der Waals surface area (Å²) in [4.78, 5) is 28.7. The van der Waals surface area contributed by atoms with E-state index in [4.69, 9.17) is 4.74 Å². The Morgan fingerprint density at radius 3 is 2.45 bits per heavy atom. The van der Waals surface area contributed by atoms with Crippen molar-refractivity contribution in [3.05, 3.63) is 34.1 Å². The Labute approximate surface area is 183 Å². The Bertz CT molecular complexity index is 805. The quantitative estimate of drug-likeness (QED) is 0.526. The highest BCUT2D eigenvalue weighted by atomic mass is 19.1. The zero-order chi connectivity index (χ0) is 22.8. The third kappa shape index (κ3) is 6.06. The Morgan fingerprint density at radius 2 is 1.90 bits per heavy atom. The van der Waals surface area contributed by atoms with Crippen LogP contribution in [0.15, 0.2) is 18.2 Å². The van der Waals surface area contributed by atoms with Crippen LogP contribution in [0.2, 0.25) is 0 Å². The van der Waals surface area contributed by atoms with E-state index >= 15 is 0 Å². The van der Waals surface area contributed by atoms with Crippen molar-refractivity contribution in [1.29, 1.82) is 0 Å². The molecule has 0 aliphatic carbocycles. The summed E-state index contributed by atoms with van der Waals surface area (Å²) in [6.45, 7) is 12.3. The van der Waals surface area contributed by atoms with Crippen molar-refractivity contribution in [2.45, 2.75) is 52.2 Å². The van der Waals surface area contributed by atoms with E-state index in [1.54, 1.807) is 4.90 Å². The van der Waals surface area contributed by atoms with Crippen LogP contribution in [-0.2, 0) is 4.74 Å². The number of hydrogen-bond acceptors (Lipinski definition) is 6. The first-order valence-electron chi connectivity index (χ1n) is 10.9. The van der Waals surface area contributed by atoms with Gasteiger partial charge in [-0.25, -0.2) is 9.18 Å². The summed E-state index contributed by atoms with van der Waals surface area (Å²) in [5.41, 5.74) is -0.292. The van der Waals surface area contributed by atoms with Gasteiger partial charge in [-0.15, -0.1) is 0 Å². The molecule has 1 aromatic rings. The summed E-state index contributed by atoms with van der Waals surface area (Å²) in [6, 6.07) is 4.09. The van der Waals surface area contributed by atoms with E-state index in [9.17, 15) is 19.3 Å². The number of halogens is 1. The SMILES string of the molecule is C[C@@H]1CN(c2ccc([N+](=O)[O-])cc2F)CCN1CC1CCN(C(=O)OC(C)(C)C)CC1. The fraction of sp³-hybridized carbons (Fsp3) is 0.682. The molecule has 0 unspecified atom stereocenters. The molecule has 2 aliphatic rings. The smallest absolute Gasteiger partial charge is 0.410 e. The van der Waals surface area contributed by atoms with Gasteiger partial charge in [-0.2, -0.15) is 0 Å². The molecule has 31 heavy (non-hydrogen) atoms. The van der Waals surface area contributed by atoms with Crippen LogP contribution in [0.25, 0.3) is 0 Å². The molecule has 1 aromatic carbocycles. The molecule has 8 nitrogen and oxygen atoms in total.